The summed E-state index contributed by atoms with van der Waals surface area (Å²) in [5.41, 5.74) is 2.30. The number of thiazole rings is 1. The van der Waals surface area contributed by atoms with Crippen molar-refractivity contribution in [1.82, 2.24) is 9.55 Å². The van der Waals surface area contributed by atoms with Gasteiger partial charge in [0, 0.05) is 21.9 Å². The number of aromatic hydroxyl groups is 1. The Labute approximate surface area is 189 Å². The smallest absolute Gasteiger partial charge is 0.261 e. The molecule has 0 radical (unpaired) electrons. The summed E-state index contributed by atoms with van der Waals surface area (Å²) in [6, 6.07) is 14.7. The lowest BCUT2D eigenvalue weighted by atomic mass is 10.0. The van der Waals surface area contributed by atoms with Gasteiger partial charge in [0.2, 0.25) is 11.0 Å². The van der Waals surface area contributed by atoms with Crippen LogP contribution >= 0.6 is 11.3 Å². The highest BCUT2D eigenvalue weighted by Gasteiger charge is 2.17. The number of aryl methyl sites for hydroxylation is 2. The summed E-state index contributed by atoms with van der Waals surface area (Å²) >= 11 is 1.61. The van der Waals surface area contributed by atoms with E-state index in [9.17, 15) is 9.90 Å². The Morgan fingerprint density at radius 3 is 2.62 bits per heavy atom. The summed E-state index contributed by atoms with van der Waals surface area (Å²) in [5.74, 6) is 0.636. The molecule has 2 aromatic carbocycles. The standard InChI is InChI=1S/C25H23N3O3S/c1-31-17-12-10-16(11-13-17)15-28-23(29)19-7-3-2-6-18(19)20(24(28)30)14-26-25-27-21-8-4-5-9-22(21)32-25/h2-3,6-7,10-14,30H,4-5,8-9,15H2,1H3/b26-14+. The number of hydrogen-bond acceptors (Lipinski definition) is 6. The van der Waals surface area contributed by atoms with Crippen LogP contribution in [0.5, 0.6) is 11.6 Å². The van der Waals surface area contributed by atoms with Gasteiger partial charge in [0.05, 0.1) is 24.9 Å². The monoisotopic (exact) mass is 445 g/mol. The van der Waals surface area contributed by atoms with Crippen molar-refractivity contribution in [3.8, 4) is 11.6 Å². The van der Waals surface area contributed by atoms with Crippen molar-refractivity contribution in [2.45, 2.75) is 32.2 Å². The minimum absolute atomic E-state index is 0.102. The molecule has 6 nitrogen and oxygen atoms in total. The molecule has 0 unspecified atom stereocenters. The molecule has 4 aromatic rings. The molecule has 0 saturated carbocycles. The number of aliphatic imine (C=N–C) groups is 1. The maximum absolute atomic E-state index is 13.2. The molecule has 2 heterocycles. The van der Waals surface area contributed by atoms with Crippen LogP contribution in [-0.2, 0) is 19.4 Å². The molecule has 0 atom stereocenters. The van der Waals surface area contributed by atoms with Crippen molar-refractivity contribution in [1.29, 1.82) is 0 Å². The van der Waals surface area contributed by atoms with E-state index in [0.717, 1.165) is 29.8 Å². The molecule has 32 heavy (non-hydrogen) atoms. The van der Waals surface area contributed by atoms with E-state index in [-0.39, 0.29) is 18.0 Å². The van der Waals surface area contributed by atoms with Gasteiger partial charge in [-0.05, 0) is 49.4 Å². The van der Waals surface area contributed by atoms with Gasteiger partial charge in [-0.15, -0.1) is 0 Å². The number of aromatic nitrogens is 2. The molecule has 1 N–H and O–H groups in total. The highest BCUT2D eigenvalue weighted by atomic mass is 32.1. The first-order chi connectivity index (χ1) is 15.6. The van der Waals surface area contributed by atoms with E-state index in [1.807, 2.05) is 42.5 Å². The minimum Gasteiger partial charge on any atom is -0.497 e. The molecule has 0 fully saturated rings. The molecule has 0 amide bonds. The van der Waals surface area contributed by atoms with Crippen molar-refractivity contribution < 1.29 is 9.84 Å². The predicted octanol–water partition coefficient (Wildman–Crippen LogP) is 4.85. The fraction of sp³-hybridized carbons (Fsp3) is 0.240. The van der Waals surface area contributed by atoms with E-state index in [1.54, 1.807) is 30.7 Å². The van der Waals surface area contributed by atoms with Gasteiger partial charge in [0.1, 0.15) is 5.75 Å². The highest BCUT2D eigenvalue weighted by Crippen LogP contribution is 2.32. The number of hydrogen-bond donors (Lipinski definition) is 1. The maximum Gasteiger partial charge on any atom is 0.261 e. The average Bonchev–Trinajstić information content (AvgIpc) is 3.25. The molecule has 7 heteroatoms. The second kappa shape index (κ2) is 8.59. The third-order valence-electron chi connectivity index (χ3n) is 5.83. The van der Waals surface area contributed by atoms with Gasteiger partial charge < -0.3 is 9.84 Å². The van der Waals surface area contributed by atoms with Crippen LogP contribution in [0.4, 0.5) is 5.13 Å². The third-order valence-corrected chi connectivity index (χ3v) is 6.89. The van der Waals surface area contributed by atoms with Gasteiger partial charge in [-0.3, -0.25) is 9.36 Å². The lowest BCUT2D eigenvalue weighted by Crippen LogP contribution is -2.22. The van der Waals surface area contributed by atoms with Crippen molar-refractivity contribution in [2.75, 3.05) is 7.11 Å². The van der Waals surface area contributed by atoms with E-state index in [0.29, 0.717) is 21.5 Å². The van der Waals surface area contributed by atoms with Gasteiger partial charge in [-0.1, -0.05) is 41.7 Å². The van der Waals surface area contributed by atoms with Crippen LogP contribution in [0, 0.1) is 0 Å². The molecule has 1 aliphatic rings. The van der Waals surface area contributed by atoms with Crippen LogP contribution in [0.3, 0.4) is 0 Å². The predicted molar refractivity (Wildman–Crippen MR) is 128 cm³/mol. The summed E-state index contributed by atoms with van der Waals surface area (Å²) in [7, 11) is 1.61. The molecular formula is C25H23N3O3S. The zero-order valence-corrected chi connectivity index (χ0v) is 18.6. The first kappa shape index (κ1) is 20.5. The second-order valence-electron chi connectivity index (χ2n) is 7.85. The highest BCUT2D eigenvalue weighted by molar-refractivity contribution is 7.15. The Morgan fingerprint density at radius 1 is 1.12 bits per heavy atom. The normalized spacial score (nSPS) is 13.5. The molecule has 1 aliphatic carbocycles. The lowest BCUT2D eigenvalue weighted by molar-refractivity contribution is 0.412. The summed E-state index contributed by atoms with van der Waals surface area (Å²) < 4.78 is 6.59. The fourth-order valence-corrected chi connectivity index (χ4v) is 5.11. The Bertz CT molecular complexity index is 1350. The Morgan fingerprint density at radius 2 is 1.88 bits per heavy atom. The molecule has 162 valence electrons. The van der Waals surface area contributed by atoms with Gasteiger partial charge in [-0.2, -0.15) is 0 Å². The Hall–Kier alpha value is -3.45. The second-order valence-corrected chi connectivity index (χ2v) is 8.92. The minimum atomic E-state index is -0.240. The maximum atomic E-state index is 13.2. The summed E-state index contributed by atoms with van der Waals surface area (Å²) in [6.07, 6.45) is 6.05. The molecule has 0 saturated heterocycles. The number of ether oxygens (including phenoxy) is 1. The zero-order valence-electron chi connectivity index (χ0n) is 17.7. The molecule has 0 spiro atoms. The van der Waals surface area contributed by atoms with Crippen LogP contribution in [-0.4, -0.2) is 28.0 Å². The molecule has 0 aliphatic heterocycles. The Balaban J connectivity index is 1.58. The number of methoxy groups -OCH3 is 1. The third kappa shape index (κ3) is 3.80. The van der Waals surface area contributed by atoms with Gasteiger partial charge in [0.25, 0.3) is 5.56 Å². The number of benzene rings is 2. The number of pyridine rings is 1. The van der Waals surface area contributed by atoms with Crippen molar-refractivity contribution in [2.24, 2.45) is 4.99 Å². The van der Waals surface area contributed by atoms with E-state index in [1.165, 1.54) is 22.3 Å². The van der Waals surface area contributed by atoms with Gasteiger partial charge >= 0.3 is 0 Å². The van der Waals surface area contributed by atoms with Crippen LogP contribution in [0.15, 0.2) is 58.3 Å². The molecule has 0 bridgehead atoms. The molecule has 5 rings (SSSR count). The van der Waals surface area contributed by atoms with Crippen LogP contribution in [0.2, 0.25) is 0 Å². The topological polar surface area (TPSA) is 76.7 Å². The molecule has 2 aromatic heterocycles. The van der Waals surface area contributed by atoms with Crippen molar-refractivity contribution in [3.63, 3.8) is 0 Å². The van der Waals surface area contributed by atoms with E-state index in [4.69, 9.17) is 4.74 Å². The zero-order chi connectivity index (χ0) is 22.1. The van der Waals surface area contributed by atoms with Crippen LogP contribution < -0.4 is 10.3 Å². The fourth-order valence-electron chi connectivity index (χ4n) is 4.11. The number of rotatable bonds is 5. The number of nitrogens with zero attached hydrogens (tertiary/aromatic N) is 3. The first-order valence-electron chi connectivity index (χ1n) is 10.6. The quantitative estimate of drug-likeness (QED) is 0.446. The summed E-state index contributed by atoms with van der Waals surface area (Å²) in [5, 5.41) is 13.0. The van der Waals surface area contributed by atoms with Crippen molar-refractivity contribution >= 4 is 33.5 Å². The van der Waals surface area contributed by atoms with Gasteiger partial charge in [-0.25, -0.2) is 9.98 Å². The van der Waals surface area contributed by atoms with E-state index >= 15 is 0 Å². The lowest BCUT2D eigenvalue weighted by Gasteiger charge is -2.14. The first-order valence-corrected chi connectivity index (χ1v) is 11.5. The summed E-state index contributed by atoms with van der Waals surface area (Å²) in [6.45, 7) is 0.242. The van der Waals surface area contributed by atoms with Crippen LogP contribution in [0.25, 0.3) is 10.8 Å². The average molecular weight is 446 g/mol. The Kier molecular flexibility index (Phi) is 5.49. The SMILES string of the molecule is COc1ccc(Cn2c(O)c(/C=N/c3nc4c(s3)CCCC4)c3ccccc3c2=O)cc1. The van der Waals surface area contributed by atoms with E-state index < -0.39 is 0 Å². The van der Waals surface area contributed by atoms with Crippen molar-refractivity contribution in [3.05, 3.63) is 80.6 Å². The van der Waals surface area contributed by atoms with Crippen LogP contribution in [0.1, 0.15) is 34.5 Å². The largest absolute Gasteiger partial charge is 0.497 e. The van der Waals surface area contributed by atoms with Gasteiger partial charge in [0.15, 0.2) is 0 Å². The number of fused-ring (bicyclic) bond motifs is 2. The summed E-state index contributed by atoms with van der Waals surface area (Å²) in [4.78, 5) is 23.7. The van der Waals surface area contributed by atoms with E-state index in [2.05, 4.69) is 9.98 Å². The molecular weight excluding hydrogens is 422 g/mol.